The summed E-state index contributed by atoms with van der Waals surface area (Å²) < 4.78 is 0. The van der Waals surface area contributed by atoms with E-state index in [1.165, 1.54) is 5.56 Å². The smallest absolute Gasteiger partial charge is 0.229 e. The first-order valence-electron chi connectivity index (χ1n) is 6.44. The van der Waals surface area contributed by atoms with Crippen molar-refractivity contribution >= 4 is 18.5 Å². The van der Waals surface area contributed by atoms with Gasteiger partial charge in [-0.1, -0.05) is 30.3 Å². The molecular formula is C14H20N2OS. The van der Waals surface area contributed by atoms with Gasteiger partial charge >= 0.3 is 0 Å². The lowest BCUT2D eigenvalue weighted by Gasteiger charge is -2.33. The molecule has 1 aromatic rings. The molecule has 4 heteroatoms. The molecule has 1 heterocycles. The number of benzene rings is 1. The van der Waals surface area contributed by atoms with Crippen LogP contribution < -0.4 is 5.32 Å². The fraction of sp³-hybridized carbons (Fsp3) is 0.500. The molecule has 1 fully saturated rings. The van der Waals surface area contributed by atoms with E-state index < -0.39 is 0 Å². The summed E-state index contributed by atoms with van der Waals surface area (Å²) in [6.07, 6.45) is 2.22. The maximum Gasteiger partial charge on any atom is 0.229 e. The maximum absolute atomic E-state index is 11.3. The third-order valence-corrected chi connectivity index (χ3v) is 3.55. The lowest BCUT2D eigenvalue weighted by molar-refractivity contribution is -0.119. The molecule has 0 saturated carbocycles. The van der Waals surface area contributed by atoms with Gasteiger partial charge in [0.15, 0.2) is 0 Å². The van der Waals surface area contributed by atoms with Crippen LogP contribution in [0.1, 0.15) is 18.4 Å². The Bertz CT molecular complexity index is 383. The number of carbonyl (C=O) groups excluding carboxylic acids is 1. The minimum Gasteiger partial charge on any atom is -0.351 e. The van der Waals surface area contributed by atoms with Gasteiger partial charge in [0.25, 0.3) is 0 Å². The normalized spacial score (nSPS) is 20.6. The average Bonchev–Trinajstić information content (AvgIpc) is 2.40. The Hall–Kier alpha value is -1.00. The highest BCUT2D eigenvalue weighted by Crippen LogP contribution is 2.13. The molecule has 1 aromatic carbocycles. The molecular weight excluding hydrogens is 244 g/mol. The number of piperidine rings is 1. The average molecular weight is 264 g/mol. The van der Waals surface area contributed by atoms with E-state index in [1.54, 1.807) is 0 Å². The second-order valence-electron chi connectivity index (χ2n) is 4.79. The topological polar surface area (TPSA) is 32.3 Å². The van der Waals surface area contributed by atoms with Gasteiger partial charge < -0.3 is 5.32 Å². The van der Waals surface area contributed by atoms with Crippen LogP contribution in [0.2, 0.25) is 0 Å². The number of amides is 1. The molecule has 1 unspecified atom stereocenters. The van der Waals surface area contributed by atoms with Crippen LogP contribution in [0, 0.1) is 0 Å². The van der Waals surface area contributed by atoms with Crippen LogP contribution in [0.5, 0.6) is 0 Å². The highest BCUT2D eigenvalue weighted by atomic mass is 32.1. The van der Waals surface area contributed by atoms with E-state index in [4.69, 9.17) is 0 Å². The van der Waals surface area contributed by atoms with Crippen molar-refractivity contribution in [2.24, 2.45) is 0 Å². The molecule has 1 N–H and O–H groups in total. The van der Waals surface area contributed by atoms with Crippen molar-refractivity contribution in [3.63, 3.8) is 0 Å². The Morgan fingerprint density at radius 3 is 2.89 bits per heavy atom. The summed E-state index contributed by atoms with van der Waals surface area (Å²) in [5.41, 5.74) is 1.33. The number of hydrogen-bond acceptors (Lipinski definition) is 3. The van der Waals surface area contributed by atoms with Gasteiger partial charge in [-0.3, -0.25) is 9.69 Å². The number of rotatable bonds is 4. The van der Waals surface area contributed by atoms with Crippen LogP contribution in [0.3, 0.4) is 0 Å². The van der Waals surface area contributed by atoms with Crippen molar-refractivity contribution in [3.05, 3.63) is 35.9 Å². The van der Waals surface area contributed by atoms with E-state index in [2.05, 4.69) is 47.1 Å². The number of carbonyl (C=O) groups is 1. The first kappa shape index (κ1) is 13.4. The lowest BCUT2D eigenvalue weighted by Crippen LogP contribution is -2.47. The van der Waals surface area contributed by atoms with Crippen LogP contribution in [0.4, 0.5) is 0 Å². The summed E-state index contributed by atoms with van der Waals surface area (Å²) in [5, 5.41) is 3.03. The fourth-order valence-electron chi connectivity index (χ4n) is 2.43. The van der Waals surface area contributed by atoms with Gasteiger partial charge in [-0.05, 0) is 24.9 Å². The predicted molar refractivity (Wildman–Crippen MR) is 76.7 cm³/mol. The molecule has 18 heavy (non-hydrogen) atoms. The van der Waals surface area contributed by atoms with Crippen molar-refractivity contribution in [1.29, 1.82) is 0 Å². The second kappa shape index (κ2) is 6.81. The highest BCUT2D eigenvalue weighted by molar-refractivity contribution is 7.81. The number of thiol groups is 1. The molecule has 1 aliphatic heterocycles. The summed E-state index contributed by atoms with van der Waals surface area (Å²) in [5.74, 6) is 0.305. The van der Waals surface area contributed by atoms with Gasteiger partial charge in [-0.25, -0.2) is 0 Å². The zero-order chi connectivity index (χ0) is 12.8. The molecule has 0 radical (unpaired) electrons. The van der Waals surface area contributed by atoms with Gasteiger partial charge in [-0.15, -0.1) is 0 Å². The zero-order valence-electron chi connectivity index (χ0n) is 10.5. The third kappa shape index (κ3) is 4.03. The van der Waals surface area contributed by atoms with Gasteiger partial charge in [0.2, 0.25) is 5.91 Å². The molecule has 1 atom stereocenters. The van der Waals surface area contributed by atoms with E-state index in [9.17, 15) is 4.79 Å². The van der Waals surface area contributed by atoms with Crippen LogP contribution in [-0.4, -0.2) is 35.7 Å². The Kier molecular flexibility index (Phi) is 5.08. The standard InChI is InChI=1S/C14H20N2OS/c17-14(11-18)15-13-7-4-8-16(10-13)9-12-5-2-1-3-6-12/h1-3,5-6,13,18H,4,7-11H2,(H,15,17). The Morgan fingerprint density at radius 1 is 1.39 bits per heavy atom. The van der Waals surface area contributed by atoms with E-state index in [0.717, 1.165) is 32.5 Å². The SMILES string of the molecule is O=C(CS)NC1CCCN(Cc2ccccc2)C1. The molecule has 0 aliphatic carbocycles. The second-order valence-corrected chi connectivity index (χ2v) is 5.10. The summed E-state index contributed by atoms with van der Waals surface area (Å²) in [6, 6.07) is 10.8. The monoisotopic (exact) mass is 264 g/mol. The minimum atomic E-state index is 0.0323. The first-order chi connectivity index (χ1) is 8.78. The highest BCUT2D eigenvalue weighted by Gasteiger charge is 2.20. The summed E-state index contributed by atoms with van der Waals surface area (Å²) in [4.78, 5) is 13.7. The lowest BCUT2D eigenvalue weighted by atomic mass is 10.0. The molecule has 0 aromatic heterocycles. The molecule has 1 aliphatic rings. The van der Waals surface area contributed by atoms with Crippen molar-refractivity contribution < 1.29 is 4.79 Å². The van der Waals surface area contributed by atoms with Gasteiger partial charge in [0.05, 0.1) is 5.75 Å². The molecule has 3 nitrogen and oxygen atoms in total. The van der Waals surface area contributed by atoms with Crippen LogP contribution in [0.15, 0.2) is 30.3 Å². The maximum atomic E-state index is 11.3. The van der Waals surface area contributed by atoms with Crippen molar-refractivity contribution in [2.75, 3.05) is 18.8 Å². The quantitative estimate of drug-likeness (QED) is 0.811. The molecule has 1 amide bonds. The van der Waals surface area contributed by atoms with Crippen molar-refractivity contribution in [2.45, 2.75) is 25.4 Å². The predicted octanol–water partition coefficient (Wildman–Crippen LogP) is 1.70. The fourth-order valence-corrected chi connectivity index (χ4v) is 2.52. The van der Waals surface area contributed by atoms with E-state index in [0.29, 0.717) is 0 Å². The Labute approximate surface area is 114 Å². The van der Waals surface area contributed by atoms with E-state index in [1.807, 2.05) is 6.07 Å². The van der Waals surface area contributed by atoms with Crippen molar-refractivity contribution in [3.8, 4) is 0 Å². The zero-order valence-corrected chi connectivity index (χ0v) is 11.4. The van der Waals surface area contributed by atoms with Crippen LogP contribution >= 0.6 is 12.6 Å². The van der Waals surface area contributed by atoms with Gasteiger partial charge in [0, 0.05) is 19.1 Å². The third-order valence-electron chi connectivity index (χ3n) is 3.26. The Morgan fingerprint density at radius 2 is 2.17 bits per heavy atom. The number of likely N-dealkylation sites (tertiary alicyclic amines) is 1. The number of hydrogen-bond donors (Lipinski definition) is 2. The summed E-state index contributed by atoms with van der Waals surface area (Å²) in [7, 11) is 0. The summed E-state index contributed by atoms with van der Waals surface area (Å²) >= 11 is 3.99. The minimum absolute atomic E-state index is 0.0323. The molecule has 1 saturated heterocycles. The first-order valence-corrected chi connectivity index (χ1v) is 7.07. The molecule has 0 spiro atoms. The number of nitrogens with zero attached hydrogens (tertiary/aromatic N) is 1. The largest absolute Gasteiger partial charge is 0.351 e. The summed E-state index contributed by atoms with van der Waals surface area (Å²) in [6.45, 7) is 3.02. The molecule has 2 rings (SSSR count). The molecule has 0 bridgehead atoms. The van der Waals surface area contributed by atoms with Gasteiger partial charge in [0.1, 0.15) is 0 Å². The van der Waals surface area contributed by atoms with Gasteiger partial charge in [-0.2, -0.15) is 12.6 Å². The van der Waals surface area contributed by atoms with Crippen molar-refractivity contribution in [1.82, 2.24) is 10.2 Å². The number of nitrogens with one attached hydrogen (secondary N) is 1. The van der Waals surface area contributed by atoms with E-state index in [-0.39, 0.29) is 17.7 Å². The van der Waals surface area contributed by atoms with E-state index >= 15 is 0 Å². The Balaban J connectivity index is 1.85. The van der Waals surface area contributed by atoms with Crippen LogP contribution in [0.25, 0.3) is 0 Å². The molecule has 98 valence electrons. The van der Waals surface area contributed by atoms with Crippen LogP contribution in [-0.2, 0) is 11.3 Å².